The Kier molecular flexibility index (Phi) is 8.91. The number of rotatable bonds is 11. The molecular formula is C27H30N4O3S2. The lowest BCUT2D eigenvalue weighted by molar-refractivity contribution is 0.257. The third kappa shape index (κ3) is 6.83. The third-order valence-corrected chi connectivity index (χ3v) is 6.74. The molecule has 0 aliphatic carbocycles. The Labute approximate surface area is 222 Å². The minimum absolute atomic E-state index is 0.578. The number of unbranched alkanes of at least 4 members (excludes halogenated alkanes) is 2. The second kappa shape index (κ2) is 12.5. The van der Waals surface area contributed by atoms with Crippen LogP contribution < -0.4 is 24.4 Å². The van der Waals surface area contributed by atoms with Crippen LogP contribution in [0.15, 0.2) is 78.9 Å². The van der Waals surface area contributed by atoms with E-state index >= 15 is 0 Å². The molecule has 7 nitrogen and oxygen atoms in total. The maximum absolute atomic E-state index is 11.3. The largest absolute Gasteiger partial charge is 0.494 e. The van der Waals surface area contributed by atoms with Gasteiger partial charge in [0.05, 0.1) is 12.3 Å². The van der Waals surface area contributed by atoms with Crippen LogP contribution in [0.3, 0.4) is 0 Å². The van der Waals surface area contributed by atoms with E-state index in [9.17, 15) is 4.79 Å². The monoisotopic (exact) mass is 522 g/mol. The summed E-state index contributed by atoms with van der Waals surface area (Å²) in [6.07, 6.45) is 3.00. The van der Waals surface area contributed by atoms with E-state index in [-0.39, 0.29) is 0 Å². The Balaban J connectivity index is 1.17. The number of urea groups is 1. The van der Waals surface area contributed by atoms with E-state index in [4.69, 9.17) is 27.4 Å². The standard InChI is InChI=1S/C27H30N4O3S2/c28-26(32)31(36)22-8-7-11-25(20-22)33-19-6-2-5-16-29-17-18-30(27(29)35)21-12-14-24(15-13-21)34-23-9-3-1-4-10-23/h1,3-4,7-15,20,36H,2,5-6,16-19H2,(H2,28,32). The van der Waals surface area contributed by atoms with Crippen molar-refractivity contribution in [2.24, 2.45) is 5.73 Å². The molecule has 0 spiro atoms. The Hall–Kier alpha value is -3.43. The van der Waals surface area contributed by atoms with Gasteiger partial charge in [-0.3, -0.25) is 0 Å². The van der Waals surface area contributed by atoms with Gasteiger partial charge in [-0.15, -0.1) is 0 Å². The van der Waals surface area contributed by atoms with Gasteiger partial charge < -0.3 is 25.0 Å². The average Bonchev–Trinajstić information content (AvgIpc) is 3.26. The highest BCUT2D eigenvalue weighted by Crippen LogP contribution is 2.27. The van der Waals surface area contributed by atoms with Crippen LogP contribution in [0.1, 0.15) is 19.3 Å². The summed E-state index contributed by atoms with van der Waals surface area (Å²) in [6, 6.07) is 24.3. The number of amides is 2. The minimum atomic E-state index is -0.636. The summed E-state index contributed by atoms with van der Waals surface area (Å²) in [5.74, 6) is 2.31. The first kappa shape index (κ1) is 25.7. The van der Waals surface area contributed by atoms with Crippen molar-refractivity contribution in [1.29, 1.82) is 0 Å². The SMILES string of the molecule is NC(=O)N(S)c1cccc(OCCCCCN2CCN(c3ccc(Oc4ccccc4)cc3)C2=S)c1. The molecule has 1 fully saturated rings. The molecule has 9 heteroatoms. The molecule has 3 aromatic rings. The molecule has 1 saturated heterocycles. The predicted octanol–water partition coefficient (Wildman–Crippen LogP) is 5.87. The van der Waals surface area contributed by atoms with Gasteiger partial charge >= 0.3 is 6.03 Å². The highest BCUT2D eigenvalue weighted by Gasteiger charge is 2.25. The zero-order valence-electron chi connectivity index (χ0n) is 20.0. The Morgan fingerprint density at radius 1 is 0.917 bits per heavy atom. The maximum atomic E-state index is 11.3. The Bertz CT molecular complexity index is 1160. The first-order chi connectivity index (χ1) is 17.5. The number of hydrogen-bond acceptors (Lipinski definition) is 5. The van der Waals surface area contributed by atoms with Crippen molar-refractivity contribution in [1.82, 2.24) is 4.90 Å². The van der Waals surface area contributed by atoms with Crippen LogP contribution in [0.5, 0.6) is 17.2 Å². The number of carbonyl (C=O) groups is 1. The van der Waals surface area contributed by atoms with Crippen molar-refractivity contribution in [2.75, 3.05) is 35.4 Å². The van der Waals surface area contributed by atoms with Crippen LogP contribution in [0.25, 0.3) is 0 Å². The lowest BCUT2D eigenvalue weighted by atomic mass is 10.2. The quantitative estimate of drug-likeness (QED) is 0.187. The fourth-order valence-corrected chi connectivity index (χ4v) is 4.46. The van der Waals surface area contributed by atoms with Gasteiger partial charge in [0, 0.05) is 31.4 Å². The molecule has 0 aromatic heterocycles. The summed E-state index contributed by atoms with van der Waals surface area (Å²) in [6.45, 7) is 3.32. The molecule has 0 unspecified atom stereocenters. The molecule has 4 rings (SSSR count). The summed E-state index contributed by atoms with van der Waals surface area (Å²) in [5.41, 5.74) is 6.91. The van der Waals surface area contributed by atoms with Crippen molar-refractivity contribution >= 4 is 47.6 Å². The Morgan fingerprint density at radius 3 is 2.39 bits per heavy atom. The number of nitrogens with two attached hydrogens (primary N) is 1. The zero-order valence-corrected chi connectivity index (χ0v) is 21.7. The molecule has 2 N–H and O–H groups in total. The van der Waals surface area contributed by atoms with Gasteiger partial charge in [-0.1, -0.05) is 37.1 Å². The van der Waals surface area contributed by atoms with E-state index < -0.39 is 6.03 Å². The molecule has 1 heterocycles. The third-order valence-electron chi connectivity index (χ3n) is 5.83. The van der Waals surface area contributed by atoms with Gasteiger partial charge in [-0.25, -0.2) is 9.10 Å². The highest BCUT2D eigenvalue weighted by molar-refractivity contribution is 7.82. The van der Waals surface area contributed by atoms with Gasteiger partial charge in [-0.05, 0) is 80.0 Å². The number of ether oxygens (including phenoxy) is 2. The van der Waals surface area contributed by atoms with Crippen LogP contribution in [-0.2, 0) is 0 Å². The second-order valence-electron chi connectivity index (χ2n) is 8.39. The molecule has 1 aliphatic rings. The summed E-state index contributed by atoms with van der Waals surface area (Å²) >= 11 is 9.83. The number of thiocarbonyl (C=S) groups is 1. The van der Waals surface area contributed by atoms with Crippen LogP contribution in [0.2, 0.25) is 0 Å². The highest BCUT2D eigenvalue weighted by atomic mass is 32.1. The lowest BCUT2D eigenvalue weighted by Gasteiger charge is -2.22. The number of para-hydroxylation sites is 1. The number of nitrogens with zero attached hydrogens (tertiary/aromatic N) is 3. The van der Waals surface area contributed by atoms with E-state index in [0.29, 0.717) is 18.0 Å². The van der Waals surface area contributed by atoms with Gasteiger partial charge in [0.2, 0.25) is 0 Å². The molecule has 0 radical (unpaired) electrons. The summed E-state index contributed by atoms with van der Waals surface area (Å²) in [5, 5.41) is 0.866. The molecule has 0 atom stereocenters. The molecular weight excluding hydrogens is 492 g/mol. The van der Waals surface area contributed by atoms with E-state index in [0.717, 1.165) is 65.5 Å². The fourth-order valence-electron chi connectivity index (χ4n) is 3.95. The summed E-state index contributed by atoms with van der Waals surface area (Å²) in [4.78, 5) is 15.7. The number of hydrogen-bond donors (Lipinski definition) is 2. The molecule has 36 heavy (non-hydrogen) atoms. The van der Waals surface area contributed by atoms with Crippen LogP contribution in [-0.4, -0.2) is 42.3 Å². The van der Waals surface area contributed by atoms with Crippen LogP contribution in [0, 0.1) is 0 Å². The van der Waals surface area contributed by atoms with E-state index in [2.05, 4.69) is 34.7 Å². The van der Waals surface area contributed by atoms with E-state index in [1.54, 1.807) is 18.2 Å². The molecule has 0 bridgehead atoms. The van der Waals surface area contributed by atoms with Crippen LogP contribution >= 0.6 is 25.0 Å². The first-order valence-corrected chi connectivity index (χ1v) is 12.7. The minimum Gasteiger partial charge on any atom is -0.494 e. The summed E-state index contributed by atoms with van der Waals surface area (Å²) in [7, 11) is 0. The van der Waals surface area contributed by atoms with Crippen molar-refractivity contribution in [2.45, 2.75) is 19.3 Å². The van der Waals surface area contributed by atoms with Crippen molar-refractivity contribution in [3.8, 4) is 17.2 Å². The predicted molar refractivity (Wildman–Crippen MR) is 151 cm³/mol. The topological polar surface area (TPSA) is 71.3 Å². The number of primary amides is 1. The van der Waals surface area contributed by atoms with Crippen LogP contribution in [0.4, 0.5) is 16.2 Å². The zero-order chi connectivity index (χ0) is 25.3. The van der Waals surface area contributed by atoms with E-state index in [1.165, 1.54) is 0 Å². The normalized spacial score (nSPS) is 13.1. The lowest BCUT2D eigenvalue weighted by Crippen LogP contribution is -2.32. The van der Waals surface area contributed by atoms with Crippen molar-refractivity contribution < 1.29 is 14.3 Å². The number of carbonyl (C=O) groups excluding carboxylic acids is 1. The average molecular weight is 523 g/mol. The molecule has 2 amide bonds. The molecule has 3 aromatic carbocycles. The van der Waals surface area contributed by atoms with Gasteiger partial charge in [0.15, 0.2) is 5.11 Å². The fraction of sp³-hybridized carbons (Fsp3) is 0.259. The molecule has 188 valence electrons. The molecule has 1 aliphatic heterocycles. The Morgan fingerprint density at radius 2 is 1.64 bits per heavy atom. The smallest absolute Gasteiger partial charge is 0.329 e. The summed E-state index contributed by atoms with van der Waals surface area (Å²) < 4.78 is 12.8. The first-order valence-electron chi connectivity index (χ1n) is 11.9. The molecule has 0 saturated carbocycles. The van der Waals surface area contributed by atoms with E-state index in [1.807, 2.05) is 48.5 Å². The van der Waals surface area contributed by atoms with Gasteiger partial charge in [-0.2, -0.15) is 0 Å². The van der Waals surface area contributed by atoms with Crippen molar-refractivity contribution in [3.05, 3.63) is 78.9 Å². The number of thiol groups is 1. The second-order valence-corrected chi connectivity index (χ2v) is 9.15. The van der Waals surface area contributed by atoms with Gasteiger partial charge in [0.1, 0.15) is 17.2 Å². The van der Waals surface area contributed by atoms with Crippen molar-refractivity contribution in [3.63, 3.8) is 0 Å². The number of anilines is 2. The number of benzene rings is 3. The van der Waals surface area contributed by atoms with Gasteiger partial charge in [0.25, 0.3) is 0 Å². The maximum Gasteiger partial charge on any atom is 0.329 e.